The highest BCUT2D eigenvalue weighted by molar-refractivity contribution is 7.98. The summed E-state index contributed by atoms with van der Waals surface area (Å²) in [6, 6.07) is 11.8. The van der Waals surface area contributed by atoms with Crippen LogP contribution >= 0.6 is 11.8 Å². The van der Waals surface area contributed by atoms with Gasteiger partial charge in [-0.2, -0.15) is 11.8 Å². The SMILES string of the molecule is CSCCOc1c(C(C)=O)ccc2ccccc12. The Bertz CT molecular complexity index is 563. The normalized spacial score (nSPS) is 10.6. The van der Waals surface area contributed by atoms with Gasteiger partial charge in [-0.1, -0.05) is 30.3 Å². The Labute approximate surface area is 111 Å². The van der Waals surface area contributed by atoms with Crippen LogP contribution in [0.2, 0.25) is 0 Å². The molecule has 0 bridgehead atoms. The predicted octanol–water partition coefficient (Wildman–Crippen LogP) is 3.78. The van der Waals surface area contributed by atoms with Crippen LogP contribution in [0.5, 0.6) is 5.75 Å². The van der Waals surface area contributed by atoms with E-state index in [0.717, 1.165) is 22.3 Å². The predicted molar refractivity (Wildman–Crippen MR) is 77.8 cm³/mol. The van der Waals surface area contributed by atoms with Crippen LogP contribution in [0.1, 0.15) is 17.3 Å². The van der Waals surface area contributed by atoms with Crippen molar-refractivity contribution in [3.63, 3.8) is 0 Å². The van der Waals surface area contributed by atoms with Crippen molar-refractivity contribution >= 4 is 28.3 Å². The molecule has 0 N–H and O–H groups in total. The Morgan fingerprint density at radius 2 is 2.00 bits per heavy atom. The zero-order valence-electron chi connectivity index (χ0n) is 10.6. The molecule has 3 heteroatoms. The summed E-state index contributed by atoms with van der Waals surface area (Å²) in [7, 11) is 0. The molecule has 94 valence electrons. The van der Waals surface area contributed by atoms with Crippen LogP contribution < -0.4 is 4.74 Å². The number of carbonyl (C=O) groups is 1. The summed E-state index contributed by atoms with van der Waals surface area (Å²) in [5.74, 6) is 1.68. The molecule has 0 atom stereocenters. The third-order valence-corrected chi connectivity index (χ3v) is 3.37. The molecule has 0 aliphatic rings. The van der Waals surface area contributed by atoms with Crippen LogP contribution in [0, 0.1) is 0 Å². The molecule has 18 heavy (non-hydrogen) atoms. The molecule has 0 heterocycles. The van der Waals surface area contributed by atoms with Crippen molar-refractivity contribution in [2.24, 2.45) is 0 Å². The van der Waals surface area contributed by atoms with E-state index < -0.39 is 0 Å². The molecular formula is C15H16O2S. The van der Waals surface area contributed by atoms with Crippen molar-refractivity contribution in [3.8, 4) is 5.75 Å². The minimum absolute atomic E-state index is 0.0416. The van der Waals surface area contributed by atoms with E-state index >= 15 is 0 Å². The fourth-order valence-corrected chi connectivity index (χ4v) is 2.15. The number of fused-ring (bicyclic) bond motifs is 1. The molecule has 0 radical (unpaired) electrons. The molecule has 0 saturated carbocycles. The summed E-state index contributed by atoms with van der Waals surface area (Å²) < 4.78 is 5.81. The van der Waals surface area contributed by atoms with E-state index in [-0.39, 0.29) is 5.78 Å². The van der Waals surface area contributed by atoms with E-state index in [2.05, 4.69) is 0 Å². The maximum absolute atomic E-state index is 11.7. The van der Waals surface area contributed by atoms with Gasteiger partial charge in [-0.15, -0.1) is 0 Å². The number of carbonyl (C=O) groups excluding carboxylic acids is 1. The number of Topliss-reactive ketones (excluding diaryl/α,β-unsaturated/α-hetero) is 1. The van der Waals surface area contributed by atoms with Gasteiger partial charge in [-0.3, -0.25) is 4.79 Å². The average molecular weight is 260 g/mol. The average Bonchev–Trinajstić information content (AvgIpc) is 2.38. The van der Waals surface area contributed by atoms with Crippen LogP contribution in [-0.2, 0) is 0 Å². The van der Waals surface area contributed by atoms with E-state index in [0.29, 0.717) is 12.2 Å². The Hall–Kier alpha value is -1.48. The fourth-order valence-electron chi connectivity index (χ4n) is 1.90. The molecule has 0 aliphatic carbocycles. The lowest BCUT2D eigenvalue weighted by Crippen LogP contribution is -2.05. The Morgan fingerprint density at radius 1 is 1.22 bits per heavy atom. The molecule has 2 aromatic carbocycles. The summed E-state index contributed by atoms with van der Waals surface area (Å²) in [4.78, 5) is 11.7. The van der Waals surface area contributed by atoms with E-state index in [4.69, 9.17) is 4.74 Å². The summed E-state index contributed by atoms with van der Waals surface area (Å²) in [5.41, 5.74) is 0.662. The van der Waals surface area contributed by atoms with Crippen molar-refractivity contribution < 1.29 is 9.53 Å². The van der Waals surface area contributed by atoms with Crippen LogP contribution in [0.4, 0.5) is 0 Å². The fraction of sp³-hybridized carbons (Fsp3) is 0.267. The molecule has 0 saturated heterocycles. The summed E-state index contributed by atoms with van der Waals surface area (Å²) in [5, 5.41) is 2.10. The maximum atomic E-state index is 11.7. The highest BCUT2D eigenvalue weighted by Gasteiger charge is 2.12. The molecule has 2 nitrogen and oxygen atoms in total. The van der Waals surface area contributed by atoms with Gasteiger partial charge in [0.25, 0.3) is 0 Å². The van der Waals surface area contributed by atoms with Crippen molar-refractivity contribution in [2.45, 2.75) is 6.92 Å². The van der Waals surface area contributed by atoms with E-state index in [1.165, 1.54) is 0 Å². The first-order valence-corrected chi connectivity index (χ1v) is 7.28. The van der Waals surface area contributed by atoms with Gasteiger partial charge in [0, 0.05) is 11.1 Å². The van der Waals surface area contributed by atoms with Crippen LogP contribution in [-0.4, -0.2) is 24.4 Å². The van der Waals surface area contributed by atoms with E-state index in [1.807, 2.05) is 42.7 Å². The highest BCUT2D eigenvalue weighted by atomic mass is 32.2. The number of ether oxygens (including phenoxy) is 1. The zero-order valence-corrected chi connectivity index (χ0v) is 11.4. The second kappa shape index (κ2) is 5.91. The molecule has 0 aliphatic heterocycles. The summed E-state index contributed by atoms with van der Waals surface area (Å²) in [6.45, 7) is 2.20. The summed E-state index contributed by atoms with van der Waals surface area (Å²) >= 11 is 1.73. The molecule has 0 spiro atoms. The van der Waals surface area contributed by atoms with Crippen molar-refractivity contribution in [1.82, 2.24) is 0 Å². The second-order valence-corrected chi connectivity index (χ2v) is 5.05. The third kappa shape index (κ3) is 2.67. The number of rotatable bonds is 5. The number of hydrogen-bond acceptors (Lipinski definition) is 3. The Morgan fingerprint density at radius 3 is 2.72 bits per heavy atom. The standard InChI is InChI=1S/C15H16O2S/c1-11(16)13-8-7-12-5-3-4-6-14(12)15(13)17-9-10-18-2/h3-8H,9-10H2,1-2H3. The van der Waals surface area contributed by atoms with Gasteiger partial charge >= 0.3 is 0 Å². The molecule has 0 fully saturated rings. The van der Waals surface area contributed by atoms with Crippen molar-refractivity contribution in [3.05, 3.63) is 42.0 Å². The molecule has 0 aromatic heterocycles. The number of ketones is 1. The highest BCUT2D eigenvalue weighted by Crippen LogP contribution is 2.30. The molecular weight excluding hydrogens is 244 g/mol. The smallest absolute Gasteiger partial charge is 0.163 e. The van der Waals surface area contributed by atoms with Gasteiger partial charge in [0.15, 0.2) is 5.78 Å². The van der Waals surface area contributed by atoms with Crippen molar-refractivity contribution in [1.29, 1.82) is 0 Å². The van der Waals surface area contributed by atoms with Gasteiger partial charge in [0.05, 0.1) is 12.2 Å². The zero-order chi connectivity index (χ0) is 13.0. The molecule has 0 amide bonds. The first kappa shape index (κ1) is 13.0. The van der Waals surface area contributed by atoms with Gasteiger partial charge in [-0.25, -0.2) is 0 Å². The Kier molecular flexibility index (Phi) is 4.26. The lowest BCUT2D eigenvalue weighted by atomic mass is 10.0. The van der Waals surface area contributed by atoms with E-state index in [9.17, 15) is 4.79 Å². The van der Waals surface area contributed by atoms with E-state index in [1.54, 1.807) is 18.7 Å². The minimum Gasteiger partial charge on any atom is -0.491 e. The first-order valence-electron chi connectivity index (χ1n) is 5.88. The number of thioether (sulfide) groups is 1. The maximum Gasteiger partial charge on any atom is 0.163 e. The second-order valence-electron chi connectivity index (χ2n) is 4.06. The molecule has 0 unspecified atom stereocenters. The third-order valence-electron chi connectivity index (χ3n) is 2.79. The van der Waals surface area contributed by atoms with Gasteiger partial charge in [0.1, 0.15) is 5.75 Å². The van der Waals surface area contributed by atoms with Crippen molar-refractivity contribution in [2.75, 3.05) is 18.6 Å². The molecule has 2 aromatic rings. The Balaban J connectivity index is 2.48. The topological polar surface area (TPSA) is 26.3 Å². The van der Waals surface area contributed by atoms with Crippen LogP contribution in [0.15, 0.2) is 36.4 Å². The first-order chi connectivity index (χ1) is 8.74. The minimum atomic E-state index is 0.0416. The lowest BCUT2D eigenvalue weighted by molar-refractivity contribution is 0.101. The monoisotopic (exact) mass is 260 g/mol. The quantitative estimate of drug-likeness (QED) is 0.604. The largest absolute Gasteiger partial charge is 0.491 e. The molecule has 2 rings (SSSR count). The van der Waals surface area contributed by atoms with Gasteiger partial charge in [-0.05, 0) is 24.6 Å². The lowest BCUT2D eigenvalue weighted by Gasteiger charge is -2.12. The van der Waals surface area contributed by atoms with Crippen LogP contribution in [0.3, 0.4) is 0 Å². The van der Waals surface area contributed by atoms with Gasteiger partial charge in [0.2, 0.25) is 0 Å². The van der Waals surface area contributed by atoms with Gasteiger partial charge < -0.3 is 4.74 Å². The number of hydrogen-bond donors (Lipinski definition) is 0. The van der Waals surface area contributed by atoms with Crippen LogP contribution in [0.25, 0.3) is 10.8 Å². The number of benzene rings is 2. The summed E-state index contributed by atoms with van der Waals surface area (Å²) in [6.07, 6.45) is 2.04.